The van der Waals surface area contributed by atoms with Gasteiger partial charge in [0.15, 0.2) is 5.76 Å². The van der Waals surface area contributed by atoms with Crippen LogP contribution >= 0.6 is 0 Å². The second-order valence-corrected chi connectivity index (χ2v) is 6.82. The first-order chi connectivity index (χ1) is 10.3. The largest absolute Gasteiger partial charge is 0.504 e. The summed E-state index contributed by atoms with van der Waals surface area (Å²) in [5, 5.41) is 9.71. The van der Waals surface area contributed by atoms with E-state index in [1.54, 1.807) is 0 Å². The summed E-state index contributed by atoms with van der Waals surface area (Å²) >= 11 is 0. The minimum atomic E-state index is -0.348. The number of carbonyl (C=O) groups excluding carboxylic acids is 1. The summed E-state index contributed by atoms with van der Waals surface area (Å²) in [6, 6.07) is 8.01. The Morgan fingerprint density at radius 3 is 2.27 bits per heavy atom. The van der Waals surface area contributed by atoms with Crippen LogP contribution in [0.3, 0.4) is 0 Å². The molecule has 0 atom stereocenters. The Morgan fingerprint density at radius 2 is 1.73 bits per heavy atom. The number of rotatable bonds is 3. The second-order valence-electron chi connectivity index (χ2n) is 6.82. The van der Waals surface area contributed by atoms with Gasteiger partial charge in [-0.2, -0.15) is 0 Å². The number of ketones is 1. The van der Waals surface area contributed by atoms with Gasteiger partial charge in [-0.15, -0.1) is 0 Å². The summed E-state index contributed by atoms with van der Waals surface area (Å²) in [4.78, 5) is 16.3. The number of nitrogens with zero attached hydrogens (tertiary/aromatic N) is 1. The lowest BCUT2D eigenvalue weighted by atomic mass is 9.84. The molecule has 0 saturated carbocycles. The molecule has 0 unspecified atom stereocenters. The van der Waals surface area contributed by atoms with E-state index in [0.29, 0.717) is 5.71 Å². The van der Waals surface area contributed by atoms with Crippen molar-refractivity contribution < 1.29 is 9.90 Å². The highest BCUT2D eigenvalue weighted by Crippen LogP contribution is 2.28. The number of aliphatic imine (C=N–C) groups is 1. The number of allylic oxidation sites excluding steroid dienone is 3. The SMILES string of the molecule is CCc1ccc(/N=C2\C=C(O)C(=O)C=C2CC(C)(C)C)cc1. The van der Waals surface area contributed by atoms with Crippen molar-refractivity contribution in [3.8, 4) is 0 Å². The molecule has 0 spiro atoms. The normalized spacial score (nSPS) is 17.5. The van der Waals surface area contributed by atoms with Gasteiger partial charge in [0.25, 0.3) is 0 Å². The zero-order chi connectivity index (χ0) is 16.3. The van der Waals surface area contributed by atoms with E-state index in [1.807, 2.05) is 24.3 Å². The summed E-state index contributed by atoms with van der Waals surface area (Å²) in [6.45, 7) is 8.46. The van der Waals surface area contributed by atoms with Gasteiger partial charge in [-0.05, 0) is 47.6 Å². The molecule has 3 nitrogen and oxygen atoms in total. The number of hydrogen-bond donors (Lipinski definition) is 1. The van der Waals surface area contributed by atoms with E-state index in [1.165, 1.54) is 17.7 Å². The molecule has 1 N–H and O–H groups in total. The second kappa shape index (κ2) is 6.30. The maximum atomic E-state index is 11.7. The minimum Gasteiger partial charge on any atom is -0.504 e. The fraction of sp³-hybridized carbons (Fsp3) is 0.368. The number of aliphatic hydroxyl groups excluding tert-OH is 1. The van der Waals surface area contributed by atoms with E-state index in [9.17, 15) is 9.90 Å². The Balaban J connectivity index is 2.37. The lowest BCUT2D eigenvalue weighted by Crippen LogP contribution is -2.17. The maximum Gasteiger partial charge on any atom is 0.220 e. The van der Waals surface area contributed by atoms with E-state index in [4.69, 9.17) is 0 Å². The fourth-order valence-corrected chi connectivity index (χ4v) is 2.36. The molecule has 0 bridgehead atoms. The third-order valence-electron chi connectivity index (χ3n) is 3.48. The molecule has 116 valence electrons. The van der Waals surface area contributed by atoms with Crippen molar-refractivity contribution in [2.75, 3.05) is 0 Å². The first-order valence-corrected chi connectivity index (χ1v) is 7.62. The Hall–Kier alpha value is -2.16. The Bertz CT molecular complexity index is 656. The standard InChI is InChI=1S/C19H23NO2/c1-5-13-6-8-15(9-7-13)20-16-11-18(22)17(21)10-14(16)12-19(2,3)4/h6-11,22H,5,12H2,1-4H3/b20-16+. The smallest absolute Gasteiger partial charge is 0.220 e. The van der Waals surface area contributed by atoms with Crippen molar-refractivity contribution in [2.45, 2.75) is 40.5 Å². The van der Waals surface area contributed by atoms with Crippen molar-refractivity contribution in [1.29, 1.82) is 0 Å². The van der Waals surface area contributed by atoms with Gasteiger partial charge >= 0.3 is 0 Å². The van der Waals surface area contributed by atoms with E-state index in [2.05, 4.69) is 32.7 Å². The average Bonchev–Trinajstić information content (AvgIpc) is 2.43. The van der Waals surface area contributed by atoms with Crippen LogP contribution in [0.2, 0.25) is 0 Å². The van der Waals surface area contributed by atoms with Gasteiger partial charge in [0.05, 0.1) is 11.4 Å². The monoisotopic (exact) mass is 297 g/mol. The highest BCUT2D eigenvalue weighted by Gasteiger charge is 2.22. The van der Waals surface area contributed by atoms with Crippen LogP contribution in [0.4, 0.5) is 5.69 Å². The summed E-state index contributed by atoms with van der Waals surface area (Å²) in [7, 11) is 0. The van der Waals surface area contributed by atoms with Crippen LogP contribution in [0.25, 0.3) is 0 Å². The molecule has 0 aromatic heterocycles. The van der Waals surface area contributed by atoms with Gasteiger partial charge in [-0.3, -0.25) is 4.79 Å². The van der Waals surface area contributed by atoms with E-state index in [-0.39, 0.29) is 17.0 Å². The van der Waals surface area contributed by atoms with E-state index >= 15 is 0 Å². The van der Waals surface area contributed by atoms with Crippen molar-refractivity contribution in [1.82, 2.24) is 0 Å². The zero-order valence-corrected chi connectivity index (χ0v) is 13.7. The Labute approximate surface area is 132 Å². The molecule has 22 heavy (non-hydrogen) atoms. The first kappa shape index (κ1) is 16.2. The van der Waals surface area contributed by atoms with Gasteiger partial charge in [0.1, 0.15) is 0 Å². The molecule has 1 aliphatic rings. The third kappa shape index (κ3) is 4.17. The average molecular weight is 297 g/mol. The quantitative estimate of drug-likeness (QED) is 0.821. The number of carbonyl (C=O) groups is 1. The van der Waals surface area contributed by atoms with Crippen LogP contribution in [-0.2, 0) is 11.2 Å². The highest BCUT2D eigenvalue weighted by atomic mass is 16.3. The lowest BCUT2D eigenvalue weighted by Gasteiger charge is -2.22. The zero-order valence-electron chi connectivity index (χ0n) is 13.7. The molecule has 0 saturated heterocycles. The molecule has 1 aliphatic carbocycles. The molecule has 0 fully saturated rings. The molecule has 1 aromatic carbocycles. The van der Waals surface area contributed by atoms with Gasteiger partial charge in [0.2, 0.25) is 5.78 Å². The van der Waals surface area contributed by atoms with Crippen LogP contribution in [-0.4, -0.2) is 16.6 Å². The van der Waals surface area contributed by atoms with Crippen LogP contribution in [0, 0.1) is 5.41 Å². The molecule has 0 aliphatic heterocycles. The minimum absolute atomic E-state index is 0.0414. The lowest BCUT2D eigenvalue weighted by molar-refractivity contribution is -0.113. The van der Waals surface area contributed by atoms with E-state index < -0.39 is 0 Å². The van der Waals surface area contributed by atoms with Crippen LogP contribution in [0.1, 0.15) is 39.7 Å². The van der Waals surface area contributed by atoms with Crippen LogP contribution in [0.5, 0.6) is 0 Å². The van der Waals surface area contributed by atoms with E-state index in [0.717, 1.165) is 24.1 Å². The number of aryl methyl sites for hydroxylation is 1. The van der Waals surface area contributed by atoms with Crippen LogP contribution in [0.15, 0.2) is 52.7 Å². The molecular formula is C19H23NO2. The summed E-state index contributed by atoms with van der Waals surface area (Å²) in [6.07, 6.45) is 4.69. The summed E-state index contributed by atoms with van der Waals surface area (Å²) < 4.78 is 0. The van der Waals surface area contributed by atoms with Crippen molar-refractivity contribution in [3.63, 3.8) is 0 Å². The number of aliphatic hydroxyl groups is 1. The summed E-state index contributed by atoms with van der Waals surface area (Å²) in [5.41, 5.74) is 3.66. The van der Waals surface area contributed by atoms with Gasteiger partial charge in [0, 0.05) is 6.08 Å². The molecular weight excluding hydrogens is 274 g/mol. The van der Waals surface area contributed by atoms with Crippen molar-refractivity contribution in [2.24, 2.45) is 10.4 Å². The fourth-order valence-electron chi connectivity index (χ4n) is 2.36. The topological polar surface area (TPSA) is 49.7 Å². The van der Waals surface area contributed by atoms with Gasteiger partial charge in [-0.25, -0.2) is 4.99 Å². The predicted octanol–water partition coefficient (Wildman–Crippen LogP) is 4.71. The Kier molecular flexibility index (Phi) is 4.65. The van der Waals surface area contributed by atoms with Gasteiger partial charge in [-0.1, -0.05) is 39.8 Å². The molecule has 0 heterocycles. The van der Waals surface area contributed by atoms with Gasteiger partial charge < -0.3 is 5.11 Å². The molecule has 0 radical (unpaired) electrons. The number of benzene rings is 1. The third-order valence-corrected chi connectivity index (χ3v) is 3.48. The number of hydrogen-bond acceptors (Lipinski definition) is 3. The van der Waals surface area contributed by atoms with Crippen molar-refractivity contribution in [3.05, 3.63) is 53.3 Å². The molecule has 0 amide bonds. The molecule has 3 heteroatoms. The Morgan fingerprint density at radius 1 is 1.09 bits per heavy atom. The van der Waals surface area contributed by atoms with Crippen LogP contribution < -0.4 is 0 Å². The predicted molar refractivity (Wildman–Crippen MR) is 90.8 cm³/mol. The summed E-state index contributed by atoms with van der Waals surface area (Å²) in [5.74, 6) is -0.596. The first-order valence-electron chi connectivity index (χ1n) is 7.62. The molecule has 2 rings (SSSR count). The van der Waals surface area contributed by atoms with Crippen molar-refractivity contribution >= 4 is 17.2 Å². The molecule has 1 aromatic rings. The maximum absolute atomic E-state index is 11.7. The highest BCUT2D eigenvalue weighted by molar-refractivity contribution is 6.21.